The Morgan fingerprint density at radius 3 is 2.92 bits per heavy atom. The van der Waals surface area contributed by atoms with Gasteiger partial charge in [0.15, 0.2) is 0 Å². The Hall–Kier alpha value is -2.25. The zero-order valence-electron chi connectivity index (χ0n) is 14.0. The van der Waals surface area contributed by atoms with Gasteiger partial charge >= 0.3 is 0 Å². The zero-order chi connectivity index (χ0) is 16.8. The average Bonchev–Trinajstić information content (AvgIpc) is 3.33. The number of aromatic nitrogens is 5. The van der Waals surface area contributed by atoms with Crippen molar-refractivity contribution in [1.29, 1.82) is 0 Å². The predicted octanol–water partition coefficient (Wildman–Crippen LogP) is 1.60. The van der Waals surface area contributed by atoms with Crippen LogP contribution < -0.4 is 0 Å². The number of nitrogens with zero attached hydrogens (tertiary/aromatic N) is 5. The summed E-state index contributed by atoms with van der Waals surface area (Å²) in [5.74, 6) is 1.20. The van der Waals surface area contributed by atoms with Gasteiger partial charge in [0.2, 0.25) is 0 Å². The van der Waals surface area contributed by atoms with E-state index in [4.69, 9.17) is 0 Å². The highest BCUT2D eigenvalue weighted by molar-refractivity contribution is 5.78. The Balaban J connectivity index is 1.29. The Bertz CT molecular complexity index is 859. The van der Waals surface area contributed by atoms with Crippen LogP contribution in [0, 0.1) is 11.8 Å². The Kier molecular flexibility index (Phi) is 3.57. The van der Waals surface area contributed by atoms with Crippen LogP contribution in [-0.4, -0.2) is 54.2 Å². The van der Waals surface area contributed by atoms with Gasteiger partial charge in [-0.3, -0.25) is 10.00 Å². The highest BCUT2D eigenvalue weighted by Gasteiger charge is 2.42. The van der Waals surface area contributed by atoms with Gasteiger partial charge in [0.1, 0.15) is 12.7 Å². The fourth-order valence-electron chi connectivity index (χ4n) is 4.66. The molecule has 1 aliphatic carbocycles. The molecule has 7 nitrogen and oxygen atoms in total. The van der Waals surface area contributed by atoms with Crippen LogP contribution in [0.2, 0.25) is 0 Å². The SMILES string of the molecule is O[C@@H]1C[C@H]2CN(Cc3ccc4[nH]ncc4c3)C[C@H]2C[C@H]1n1cncn1. The molecule has 0 radical (unpaired) electrons. The van der Waals surface area contributed by atoms with E-state index in [1.165, 1.54) is 5.56 Å². The summed E-state index contributed by atoms with van der Waals surface area (Å²) in [4.78, 5) is 6.55. The van der Waals surface area contributed by atoms with Crippen molar-refractivity contribution >= 4 is 10.9 Å². The fourth-order valence-corrected chi connectivity index (χ4v) is 4.66. The second kappa shape index (κ2) is 5.93. The van der Waals surface area contributed by atoms with Crippen LogP contribution in [0.15, 0.2) is 37.1 Å². The molecule has 0 spiro atoms. The van der Waals surface area contributed by atoms with Crippen LogP contribution in [0.25, 0.3) is 10.9 Å². The second-order valence-corrected chi connectivity index (χ2v) is 7.49. The molecule has 2 aliphatic rings. The fraction of sp³-hybridized carbons (Fsp3) is 0.500. The first-order chi connectivity index (χ1) is 12.3. The van der Waals surface area contributed by atoms with Crippen LogP contribution in [0.5, 0.6) is 0 Å². The topological polar surface area (TPSA) is 82.9 Å². The molecule has 25 heavy (non-hydrogen) atoms. The third-order valence-corrected chi connectivity index (χ3v) is 5.87. The van der Waals surface area contributed by atoms with Gasteiger partial charge in [0, 0.05) is 25.0 Å². The Labute approximate surface area is 145 Å². The standard InChI is InChI=1S/C18H22N6O/c25-18-5-15-9-23(7-12-1-2-16-13(3-12)6-20-22-16)8-14(15)4-17(18)24-11-19-10-21-24/h1-3,6,10-11,14-15,17-18,25H,4-5,7-9H2,(H,20,22)/t14-,15+,17-,18-/m1/s1. The van der Waals surface area contributed by atoms with Gasteiger partial charge < -0.3 is 5.11 Å². The van der Waals surface area contributed by atoms with Crippen LogP contribution in [0.1, 0.15) is 24.4 Å². The third-order valence-electron chi connectivity index (χ3n) is 5.87. The van der Waals surface area contributed by atoms with Gasteiger partial charge in [-0.05, 0) is 42.4 Å². The van der Waals surface area contributed by atoms with Crippen molar-refractivity contribution in [3.63, 3.8) is 0 Å². The highest BCUT2D eigenvalue weighted by Crippen LogP contribution is 2.41. The van der Waals surface area contributed by atoms with Crippen LogP contribution in [0.3, 0.4) is 0 Å². The van der Waals surface area contributed by atoms with Gasteiger partial charge in [-0.1, -0.05) is 6.07 Å². The van der Waals surface area contributed by atoms with Crippen molar-refractivity contribution < 1.29 is 5.11 Å². The molecule has 5 rings (SSSR count). The number of H-pyrrole nitrogens is 1. The molecular weight excluding hydrogens is 316 g/mol. The molecule has 0 amide bonds. The van der Waals surface area contributed by atoms with E-state index in [9.17, 15) is 5.11 Å². The van der Waals surface area contributed by atoms with E-state index in [0.29, 0.717) is 11.8 Å². The maximum Gasteiger partial charge on any atom is 0.137 e. The van der Waals surface area contributed by atoms with Crippen molar-refractivity contribution in [2.24, 2.45) is 11.8 Å². The number of nitrogens with one attached hydrogen (secondary N) is 1. The number of benzene rings is 1. The van der Waals surface area contributed by atoms with E-state index in [2.05, 4.69) is 43.4 Å². The van der Waals surface area contributed by atoms with Crippen molar-refractivity contribution in [3.05, 3.63) is 42.6 Å². The first-order valence-electron chi connectivity index (χ1n) is 8.93. The van der Waals surface area contributed by atoms with Gasteiger partial charge in [-0.2, -0.15) is 10.2 Å². The number of rotatable bonds is 3. The molecule has 2 N–H and O–H groups in total. The van der Waals surface area contributed by atoms with Gasteiger partial charge in [0.05, 0.1) is 23.9 Å². The Morgan fingerprint density at radius 1 is 1.20 bits per heavy atom. The summed E-state index contributed by atoms with van der Waals surface area (Å²) >= 11 is 0. The van der Waals surface area contributed by atoms with Gasteiger partial charge in [-0.25, -0.2) is 9.67 Å². The van der Waals surface area contributed by atoms with E-state index in [-0.39, 0.29) is 12.1 Å². The van der Waals surface area contributed by atoms with Crippen molar-refractivity contribution in [1.82, 2.24) is 29.9 Å². The maximum absolute atomic E-state index is 10.5. The molecular formula is C18H22N6O. The number of aliphatic hydroxyl groups excluding tert-OH is 1. The summed E-state index contributed by atoms with van der Waals surface area (Å²) in [5.41, 5.74) is 2.40. The first kappa shape index (κ1) is 15.0. The quantitative estimate of drug-likeness (QED) is 0.758. The lowest BCUT2D eigenvalue weighted by molar-refractivity contribution is 0.0304. The summed E-state index contributed by atoms with van der Waals surface area (Å²) in [7, 11) is 0. The van der Waals surface area contributed by atoms with E-state index in [1.54, 1.807) is 12.7 Å². The summed E-state index contributed by atoms with van der Waals surface area (Å²) in [6, 6.07) is 6.56. The third kappa shape index (κ3) is 2.73. The minimum absolute atomic E-state index is 0.0611. The minimum Gasteiger partial charge on any atom is -0.391 e. The Morgan fingerprint density at radius 2 is 2.08 bits per heavy atom. The van der Waals surface area contributed by atoms with Crippen LogP contribution >= 0.6 is 0 Å². The molecule has 1 saturated carbocycles. The normalized spacial score (nSPS) is 30.0. The molecule has 1 aromatic carbocycles. The summed E-state index contributed by atoms with van der Waals surface area (Å²) in [6.45, 7) is 3.11. The molecule has 2 fully saturated rings. The van der Waals surface area contributed by atoms with E-state index in [1.807, 2.05) is 10.9 Å². The average molecular weight is 338 g/mol. The molecule has 1 saturated heterocycles. The number of hydrogen-bond donors (Lipinski definition) is 2. The minimum atomic E-state index is -0.329. The molecule has 2 aromatic heterocycles. The molecule has 4 atom stereocenters. The van der Waals surface area contributed by atoms with E-state index < -0.39 is 0 Å². The molecule has 0 bridgehead atoms. The number of hydrogen-bond acceptors (Lipinski definition) is 5. The van der Waals surface area contributed by atoms with Crippen molar-refractivity contribution in [3.8, 4) is 0 Å². The lowest BCUT2D eigenvalue weighted by Crippen LogP contribution is -2.36. The van der Waals surface area contributed by atoms with Crippen LogP contribution in [-0.2, 0) is 6.54 Å². The van der Waals surface area contributed by atoms with Crippen molar-refractivity contribution in [2.45, 2.75) is 31.5 Å². The van der Waals surface area contributed by atoms with E-state index in [0.717, 1.165) is 43.4 Å². The molecule has 7 heteroatoms. The summed E-state index contributed by atoms with van der Waals surface area (Å²) in [6.07, 6.45) is 6.65. The number of fused-ring (bicyclic) bond motifs is 2. The zero-order valence-corrected chi connectivity index (χ0v) is 14.0. The number of aliphatic hydroxyl groups is 1. The summed E-state index contributed by atoms with van der Waals surface area (Å²) in [5, 5.41) is 23.0. The molecule has 3 aromatic rings. The molecule has 1 aliphatic heterocycles. The number of aromatic amines is 1. The molecule has 3 heterocycles. The van der Waals surface area contributed by atoms with Crippen LogP contribution in [0.4, 0.5) is 0 Å². The molecule has 0 unspecified atom stereocenters. The lowest BCUT2D eigenvalue weighted by atomic mass is 9.77. The summed E-state index contributed by atoms with van der Waals surface area (Å²) < 4.78 is 1.83. The monoisotopic (exact) mass is 338 g/mol. The smallest absolute Gasteiger partial charge is 0.137 e. The second-order valence-electron chi connectivity index (χ2n) is 7.49. The highest BCUT2D eigenvalue weighted by atomic mass is 16.3. The van der Waals surface area contributed by atoms with Gasteiger partial charge in [0.25, 0.3) is 0 Å². The molecule has 130 valence electrons. The van der Waals surface area contributed by atoms with E-state index >= 15 is 0 Å². The van der Waals surface area contributed by atoms with Gasteiger partial charge in [-0.15, -0.1) is 0 Å². The largest absolute Gasteiger partial charge is 0.391 e. The lowest BCUT2D eigenvalue weighted by Gasteiger charge is -2.35. The first-order valence-corrected chi connectivity index (χ1v) is 8.93. The maximum atomic E-state index is 10.5. The number of likely N-dealkylation sites (tertiary alicyclic amines) is 1. The van der Waals surface area contributed by atoms with Crippen molar-refractivity contribution in [2.75, 3.05) is 13.1 Å². The predicted molar refractivity (Wildman–Crippen MR) is 92.7 cm³/mol.